The molecule has 2 aromatic rings. The minimum Gasteiger partial charge on any atom is -0.506 e. The molecule has 0 saturated carbocycles. The van der Waals surface area contributed by atoms with Gasteiger partial charge in [0.15, 0.2) is 17.4 Å². The topological polar surface area (TPSA) is 33.1 Å². The van der Waals surface area contributed by atoms with Crippen LogP contribution >= 0.6 is 0 Å². The van der Waals surface area contributed by atoms with Crippen LogP contribution in [0.2, 0.25) is 0 Å². The van der Waals surface area contributed by atoms with Crippen molar-refractivity contribution >= 4 is 28.3 Å². The van der Waals surface area contributed by atoms with Crippen molar-refractivity contribution in [1.82, 2.24) is 4.98 Å². The third-order valence-electron chi connectivity index (χ3n) is 1.97. The van der Waals surface area contributed by atoms with Crippen LogP contribution in [-0.2, 0) is 0 Å². The van der Waals surface area contributed by atoms with E-state index in [1.165, 1.54) is 0 Å². The Morgan fingerprint density at radius 2 is 2.00 bits per heavy atom. The summed E-state index contributed by atoms with van der Waals surface area (Å²) in [5.41, 5.74) is 1.81. The Bertz CT molecular complexity index is 388. The van der Waals surface area contributed by atoms with E-state index in [9.17, 15) is 5.11 Å². The van der Waals surface area contributed by atoms with Gasteiger partial charge in [-0.1, -0.05) is 12.1 Å². The van der Waals surface area contributed by atoms with Crippen LogP contribution in [0.25, 0.3) is 10.9 Å². The van der Waals surface area contributed by atoms with Gasteiger partial charge in [-0.15, -0.1) is 0 Å². The van der Waals surface area contributed by atoms with Gasteiger partial charge in [0.25, 0.3) is 0 Å². The zero-order valence-electron chi connectivity index (χ0n) is 6.78. The lowest BCUT2D eigenvalue weighted by Gasteiger charge is -2.01. The number of hydrogen-bond acceptors (Lipinski definition) is 2. The first-order valence-electron chi connectivity index (χ1n) is 3.82. The van der Waals surface area contributed by atoms with Crippen molar-refractivity contribution in [3.8, 4) is 5.75 Å². The third kappa shape index (κ3) is 1.67. The van der Waals surface area contributed by atoms with Crippen LogP contribution in [0.3, 0.4) is 0 Å². The van der Waals surface area contributed by atoms with Gasteiger partial charge in [0.05, 0.1) is 0 Å². The van der Waals surface area contributed by atoms with E-state index in [4.69, 9.17) is 0 Å². The standard InChI is InChI=1S/C10H9NO.Al.3H/c1-7-4-5-9(12)10-8(7)3-2-6-11-10;;;;/h2-6,12H,1H3;;;;. The SMILES string of the molecule is Cc1ccc(O)c2ncccc12.[AlH3]. The second kappa shape index (κ2) is 3.78. The number of aromatic nitrogens is 1. The van der Waals surface area contributed by atoms with Crippen molar-refractivity contribution < 1.29 is 5.11 Å². The summed E-state index contributed by atoms with van der Waals surface area (Å²) in [6.07, 6.45) is 1.68. The number of phenolic OH excluding ortho intramolecular Hbond substituents is 1. The number of rotatable bonds is 0. The predicted octanol–water partition coefficient (Wildman–Crippen LogP) is 1.06. The molecule has 0 spiro atoms. The van der Waals surface area contributed by atoms with Crippen LogP contribution in [0.15, 0.2) is 30.5 Å². The van der Waals surface area contributed by atoms with Crippen LogP contribution < -0.4 is 0 Å². The highest BCUT2D eigenvalue weighted by Crippen LogP contribution is 2.24. The Morgan fingerprint density at radius 3 is 2.69 bits per heavy atom. The van der Waals surface area contributed by atoms with Gasteiger partial charge in [0.2, 0.25) is 0 Å². The minimum absolute atomic E-state index is 0. The fourth-order valence-electron chi connectivity index (χ4n) is 1.30. The van der Waals surface area contributed by atoms with E-state index in [2.05, 4.69) is 4.98 Å². The molecule has 0 aliphatic heterocycles. The third-order valence-corrected chi connectivity index (χ3v) is 1.97. The summed E-state index contributed by atoms with van der Waals surface area (Å²) in [4.78, 5) is 4.09. The van der Waals surface area contributed by atoms with Gasteiger partial charge in [0, 0.05) is 11.6 Å². The van der Waals surface area contributed by atoms with Crippen molar-refractivity contribution in [2.24, 2.45) is 0 Å². The summed E-state index contributed by atoms with van der Waals surface area (Å²) in [6.45, 7) is 2.00. The number of aromatic hydroxyl groups is 1. The summed E-state index contributed by atoms with van der Waals surface area (Å²) in [5, 5.41) is 10.4. The monoisotopic (exact) mass is 189 g/mol. The first kappa shape index (κ1) is 10.0. The van der Waals surface area contributed by atoms with Gasteiger partial charge < -0.3 is 5.11 Å². The number of pyridine rings is 1. The molecule has 1 aromatic carbocycles. The van der Waals surface area contributed by atoms with Crippen molar-refractivity contribution in [2.45, 2.75) is 6.92 Å². The summed E-state index contributed by atoms with van der Waals surface area (Å²) >= 11 is 0. The van der Waals surface area contributed by atoms with Gasteiger partial charge in [0.1, 0.15) is 11.3 Å². The zero-order chi connectivity index (χ0) is 8.55. The number of phenols is 1. The minimum atomic E-state index is 0. The number of hydrogen-bond donors (Lipinski definition) is 1. The zero-order valence-corrected chi connectivity index (χ0v) is 6.78. The van der Waals surface area contributed by atoms with Crippen molar-refractivity contribution in [2.75, 3.05) is 0 Å². The second-order valence-electron chi connectivity index (χ2n) is 2.80. The molecule has 0 radical (unpaired) electrons. The molecule has 1 N–H and O–H groups in total. The van der Waals surface area contributed by atoms with Gasteiger partial charge >= 0.3 is 0 Å². The average Bonchev–Trinajstić information content (AvgIpc) is 2.12. The van der Waals surface area contributed by atoms with E-state index in [1.54, 1.807) is 12.3 Å². The summed E-state index contributed by atoms with van der Waals surface area (Å²) in [7, 11) is 0. The average molecular weight is 189 g/mol. The maximum absolute atomic E-state index is 9.43. The first-order chi connectivity index (χ1) is 5.79. The van der Waals surface area contributed by atoms with Crippen LogP contribution in [0, 0.1) is 6.92 Å². The summed E-state index contributed by atoms with van der Waals surface area (Å²) < 4.78 is 0. The Hall–Kier alpha value is -1.04. The van der Waals surface area contributed by atoms with E-state index < -0.39 is 0 Å². The Labute approximate surface area is 87.4 Å². The number of aryl methyl sites for hydroxylation is 1. The molecule has 0 saturated heterocycles. The smallest absolute Gasteiger partial charge is 0.187 e. The maximum Gasteiger partial charge on any atom is 0.187 e. The van der Waals surface area contributed by atoms with Crippen LogP contribution in [0.5, 0.6) is 5.75 Å². The van der Waals surface area contributed by atoms with E-state index in [0.29, 0.717) is 5.52 Å². The lowest BCUT2D eigenvalue weighted by molar-refractivity contribution is 0.480. The van der Waals surface area contributed by atoms with Crippen molar-refractivity contribution in [3.05, 3.63) is 36.0 Å². The first-order valence-corrected chi connectivity index (χ1v) is 3.82. The highest BCUT2D eigenvalue weighted by molar-refractivity contribution is 5.86. The molecule has 2 nitrogen and oxygen atoms in total. The van der Waals surface area contributed by atoms with Crippen LogP contribution in [0.1, 0.15) is 5.56 Å². The lowest BCUT2D eigenvalue weighted by atomic mass is 10.1. The van der Waals surface area contributed by atoms with Crippen LogP contribution in [-0.4, -0.2) is 27.5 Å². The fourth-order valence-corrected chi connectivity index (χ4v) is 1.30. The second-order valence-corrected chi connectivity index (χ2v) is 2.80. The highest BCUT2D eigenvalue weighted by Gasteiger charge is 2.00. The molecule has 0 aliphatic carbocycles. The van der Waals surface area contributed by atoms with E-state index in [1.807, 2.05) is 25.1 Å². The van der Waals surface area contributed by atoms with Crippen molar-refractivity contribution in [3.63, 3.8) is 0 Å². The lowest BCUT2D eigenvalue weighted by Crippen LogP contribution is -1.81. The molecule has 0 aliphatic rings. The van der Waals surface area contributed by atoms with Crippen molar-refractivity contribution in [1.29, 1.82) is 0 Å². The molecule has 0 fully saturated rings. The van der Waals surface area contributed by atoms with E-state index in [0.717, 1.165) is 10.9 Å². The van der Waals surface area contributed by atoms with Gasteiger partial charge in [-0.25, -0.2) is 0 Å². The number of benzene rings is 1. The summed E-state index contributed by atoms with van der Waals surface area (Å²) in [5.74, 6) is 0.246. The van der Waals surface area contributed by atoms with Gasteiger partial charge in [-0.3, -0.25) is 4.98 Å². The quantitative estimate of drug-likeness (QED) is 0.629. The molecule has 0 atom stereocenters. The van der Waals surface area contributed by atoms with E-state index >= 15 is 0 Å². The van der Waals surface area contributed by atoms with Crippen LogP contribution in [0.4, 0.5) is 0 Å². The normalized spacial score (nSPS) is 9.62. The molecule has 1 aromatic heterocycles. The Kier molecular flexibility index (Phi) is 2.92. The molecule has 2 rings (SSSR count). The molecule has 1 heterocycles. The van der Waals surface area contributed by atoms with E-state index in [-0.39, 0.29) is 23.1 Å². The fraction of sp³-hybridized carbons (Fsp3) is 0.100. The number of nitrogens with zero attached hydrogens (tertiary/aromatic N) is 1. The maximum atomic E-state index is 9.43. The molecule has 0 amide bonds. The molecule has 13 heavy (non-hydrogen) atoms. The van der Waals surface area contributed by atoms with Gasteiger partial charge in [-0.05, 0) is 24.6 Å². The highest BCUT2D eigenvalue weighted by atomic mass is 27.0. The Balaban J connectivity index is 0.000000845. The molecule has 0 bridgehead atoms. The van der Waals surface area contributed by atoms with Gasteiger partial charge in [-0.2, -0.15) is 0 Å². The Morgan fingerprint density at radius 1 is 1.23 bits per heavy atom. The predicted molar refractivity (Wildman–Crippen MR) is 58.1 cm³/mol. The number of fused-ring (bicyclic) bond motifs is 1. The molecule has 0 unspecified atom stereocenters. The molecular formula is C10H12AlNO. The largest absolute Gasteiger partial charge is 0.506 e. The molecular weight excluding hydrogens is 177 g/mol. The molecule has 66 valence electrons. The molecule has 3 heteroatoms. The summed E-state index contributed by atoms with van der Waals surface area (Å²) in [6, 6.07) is 7.39.